The summed E-state index contributed by atoms with van der Waals surface area (Å²) in [5.74, 6) is -0.905. The lowest BCUT2D eigenvalue weighted by Gasteiger charge is -2.13. The molecule has 1 aliphatic rings. The molecule has 2 aromatic carbocycles. The second-order valence-corrected chi connectivity index (χ2v) is 9.03. The van der Waals surface area contributed by atoms with E-state index in [2.05, 4.69) is 15.1 Å². The Morgan fingerprint density at radius 2 is 1.82 bits per heavy atom. The molecule has 0 aromatic heterocycles. The van der Waals surface area contributed by atoms with Crippen LogP contribution in [0.2, 0.25) is 0 Å². The number of aryl methyl sites for hydroxylation is 1. The van der Waals surface area contributed by atoms with Gasteiger partial charge in [0.25, 0.3) is 5.91 Å². The van der Waals surface area contributed by atoms with E-state index in [1.165, 1.54) is 17.1 Å². The Morgan fingerprint density at radius 3 is 2.45 bits per heavy atom. The van der Waals surface area contributed by atoms with E-state index >= 15 is 0 Å². The van der Waals surface area contributed by atoms with Gasteiger partial charge in [-0.25, -0.2) is 8.42 Å². The number of nitrogens with zero attached hydrogens (tertiary/aromatic N) is 2. The van der Waals surface area contributed by atoms with E-state index in [0.29, 0.717) is 11.4 Å². The molecule has 0 unspecified atom stereocenters. The summed E-state index contributed by atoms with van der Waals surface area (Å²) < 4.78 is 30.2. The zero-order valence-corrected chi connectivity index (χ0v) is 19.5. The number of nitrogens with one attached hydrogen (secondary N) is 2. The summed E-state index contributed by atoms with van der Waals surface area (Å²) in [5, 5.41) is 8.69. The molecule has 0 spiro atoms. The van der Waals surface area contributed by atoms with Gasteiger partial charge in [-0.3, -0.25) is 14.3 Å². The molecule has 9 nitrogen and oxygen atoms in total. The SMILES string of the molecule is CCOC(=O)CC1=NN(c2ccc(NS(C)(=O)=O)cc2)C(=O)C1=CNc1ccccc1CC. The van der Waals surface area contributed by atoms with Gasteiger partial charge < -0.3 is 10.1 Å². The molecule has 10 heteroatoms. The van der Waals surface area contributed by atoms with Crippen LogP contribution in [0, 0.1) is 0 Å². The van der Waals surface area contributed by atoms with Crippen molar-refractivity contribution in [3.8, 4) is 0 Å². The van der Waals surface area contributed by atoms with E-state index in [4.69, 9.17) is 4.74 Å². The van der Waals surface area contributed by atoms with Crippen molar-refractivity contribution >= 4 is 44.7 Å². The fraction of sp³-hybridized carbons (Fsp3) is 0.261. The monoisotopic (exact) mass is 470 g/mol. The highest BCUT2D eigenvalue weighted by molar-refractivity contribution is 7.92. The van der Waals surface area contributed by atoms with Gasteiger partial charge in [-0.15, -0.1) is 0 Å². The number of hydrazone groups is 1. The van der Waals surface area contributed by atoms with Gasteiger partial charge in [0.05, 0.1) is 36.3 Å². The van der Waals surface area contributed by atoms with Gasteiger partial charge in [0, 0.05) is 17.6 Å². The van der Waals surface area contributed by atoms with Gasteiger partial charge in [-0.1, -0.05) is 25.1 Å². The van der Waals surface area contributed by atoms with Crippen LogP contribution in [0.5, 0.6) is 0 Å². The molecular weight excluding hydrogens is 444 g/mol. The van der Waals surface area contributed by atoms with Gasteiger partial charge in [0.1, 0.15) is 0 Å². The molecule has 0 atom stereocenters. The van der Waals surface area contributed by atoms with Gasteiger partial charge in [0.2, 0.25) is 10.0 Å². The topological polar surface area (TPSA) is 117 Å². The first-order valence-electron chi connectivity index (χ1n) is 10.4. The molecule has 0 saturated heterocycles. The summed E-state index contributed by atoms with van der Waals surface area (Å²) in [5.41, 5.74) is 3.24. The Bertz CT molecular complexity index is 1200. The third-order valence-corrected chi connectivity index (χ3v) is 5.36. The number of amides is 1. The average molecular weight is 471 g/mol. The van der Waals surface area contributed by atoms with Crippen molar-refractivity contribution in [2.45, 2.75) is 26.7 Å². The standard InChI is InChI=1S/C23H26N4O5S/c1-4-16-8-6-7-9-20(16)24-15-19-21(14-22(28)32-5-2)25-27(23(19)29)18-12-10-17(11-13-18)26-33(3,30)31/h6-13,15,24,26H,4-5,14H2,1-3H3. The number of anilines is 3. The van der Waals surface area contributed by atoms with Crippen molar-refractivity contribution < 1.29 is 22.7 Å². The number of esters is 1. The molecule has 1 amide bonds. The van der Waals surface area contributed by atoms with Crippen LogP contribution in [0.1, 0.15) is 25.8 Å². The fourth-order valence-electron chi connectivity index (χ4n) is 3.26. The van der Waals surface area contributed by atoms with Gasteiger partial charge in [0.15, 0.2) is 0 Å². The summed E-state index contributed by atoms with van der Waals surface area (Å²) in [6.07, 6.45) is 3.25. The number of hydrogen-bond acceptors (Lipinski definition) is 7. The van der Waals surface area contributed by atoms with Crippen molar-refractivity contribution in [3.05, 3.63) is 65.9 Å². The summed E-state index contributed by atoms with van der Waals surface area (Å²) in [4.78, 5) is 25.3. The molecule has 0 radical (unpaired) electrons. The van der Waals surface area contributed by atoms with Crippen LogP contribution in [-0.4, -0.2) is 38.9 Å². The Morgan fingerprint density at radius 1 is 1.12 bits per heavy atom. The third kappa shape index (κ3) is 6.19. The maximum absolute atomic E-state index is 13.2. The molecule has 1 aliphatic heterocycles. The summed E-state index contributed by atoms with van der Waals surface area (Å²) in [7, 11) is -3.42. The number of carbonyl (C=O) groups is 2. The number of benzene rings is 2. The van der Waals surface area contributed by atoms with Crippen molar-refractivity contribution in [3.63, 3.8) is 0 Å². The number of para-hydroxylation sites is 1. The largest absolute Gasteiger partial charge is 0.466 e. The quantitative estimate of drug-likeness (QED) is 0.429. The van der Waals surface area contributed by atoms with E-state index in [1.54, 1.807) is 25.3 Å². The lowest BCUT2D eigenvalue weighted by molar-refractivity contribution is -0.141. The summed E-state index contributed by atoms with van der Waals surface area (Å²) in [6, 6.07) is 13.9. The fourth-order valence-corrected chi connectivity index (χ4v) is 3.83. The van der Waals surface area contributed by atoms with Crippen LogP contribution in [0.4, 0.5) is 17.1 Å². The van der Waals surface area contributed by atoms with E-state index in [9.17, 15) is 18.0 Å². The second-order valence-electron chi connectivity index (χ2n) is 7.28. The summed E-state index contributed by atoms with van der Waals surface area (Å²) >= 11 is 0. The average Bonchev–Trinajstić information content (AvgIpc) is 3.07. The molecule has 1 heterocycles. The van der Waals surface area contributed by atoms with Gasteiger partial charge in [-0.2, -0.15) is 10.1 Å². The van der Waals surface area contributed by atoms with E-state index in [-0.39, 0.29) is 24.3 Å². The first kappa shape index (κ1) is 24.0. The maximum Gasteiger partial charge on any atom is 0.311 e. The summed E-state index contributed by atoms with van der Waals surface area (Å²) in [6.45, 7) is 3.96. The number of hydrogen-bond donors (Lipinski definition) is 2. The molecule has 0 aliphatic carbocycles. The van der Waals surface area contributed by atoms with Gasteiger partial charge in [-0.05, 0) is 49.2 Å². The molecule has 2 aromatic rings. The first-order chi connectivity index (χ1) is 15.7. The normalized spacial score (nSPS) is 14.9. The van der Waals surface area contributed by atoms with E-state index in [1.807, 2.05) is 31.2 Å². The smallest absolute Gasteiger partial charge is 0.311 e. The third-order valence-electron chi connectivity index (χ3n) is 4.76. The molecule has 0 fully saturated rings. The lowest BCUT2D eigenvalue weighted by atomic mass is 10.1. The molecule has 33 heavy (non-hydrogen) atoms. The van der Waals surface area contributed by atoms with Crippen LogP contribution in [0.3, 0.4) is 0 Å². The highest BCUT2D eigenvalue weighted by Gasteiger charge is 2.32. The minimum atomic E-state index is -3.42. The van der Waals surface area contributed by atoms with Gasteiger partial charge >= 0.3 is 5.97 Å². The molecule has 174 valence electrons. The van der Waals surface area contributed by atoms with Crippen molar-refractivity contribution in [2.75, 3.05) is 27.9 Å². The maximum atomic E-state index is 13.2. The minimum Gasteiger partial charge on any atom is -0.466 e. The molecular formula is C23H26N4O5S. The Kier molecular flexibility index (Phi) is 7.49. The first-order valence-corrected chi connectivity index (χ1v) is 12.3. The van der Waals surface area contributed by atoms with E-state index in [0.717, 1.165) is 23.9 Å². The van der Waals surface area contributed by atoms with Crippen LogP contribution < -0.4 is 15.0 Å². The van der Waals surface area contributed by atoms with E-state index < -0.39 is 21.9 Å². The Hall–Kier alpha value is -3.66. The minimum absolute atomic E-state index is 0.160. The molecule has 2 N–H and O–H groups in total. The number of sulfonamides is 1. The number of ether oxygens (including phenoxy) is 1. The molecule has 0 bridgehead atoms. The zero-order chi connectivity index (χ0) is 24.0. The Balaban J connectivity index is 1.90. The molecule has 0 saturated carbocycles. The lowest BCUT2D eigenvalue weighted by Crippen LogP contribution is -2.22. The highest BCUT2D eigenvalue weighted by Crippen LogP contribution is 2.27. The predicted octanol–water partition coefficient (Wildman–Crippen LogP) is 3.27. The van der Waals surface area contributed by atoms with Crippen LogP contribution in [0.25, 0.3) is 0 Å². The van der Waals surface area contributed by atoms with Crippen LogP contribution in [-0.2, 0) is 30.8 Å². The number of carbonyl (C=O) groups excluding carboxylic acids is 2. The van der Waals surface area contributed by atoms with Crippen molar-refractivity contribution in [2.24, 2.45) is 5.10 Å². The van der Waals surface area contributed by atoms with Crippen molar-refractivity contribution in [1.29, 1.82) is 0 Å². The van der Waals surface area contributed by atoms with Crippen LogP contribution >= 0.6 is 0 Å². The predicted molar refractivity (Wildman–Crippen MR) is 129 cm³/mol. The highest BCUT2D eigenvalue weighted by atomic mass is 32.2. The second kappa shape index (κ2) is 10.3. The van der Waals surface area contributed by atoms with Crippen LogP contribution in [0.15, 0.2) is 65.4 Å². The molecule has 3 rings (SSSR count). The Labute approximate surface area is 193 Å². The number of rotatable bonds is 9. The van der Waals surface area contributed by atoms with Crippen molar-refractivity contribution in [1.82, 2.24) is 0 Å². The zero-order valence-electron chi connectivity index (χ0n) is 18.7.